The van der Waals surface area contributed by atoms with Crippen LogP contribution in [0.15, 0.2) is 47.3 Å². The molecule has 0 spiro atoms. The van der Waals surface area contributed by atoms with Crippen molar-refractivity contribution in [3.05, 3.63) is 81.7 Å². The topological polar surface area (TPSA) is 93.3 Å². The van der Waals surface area contributed by atoms with E-state index in [0.29, 0.717) is 23.0 Å². The second-order valence-corrected chi connectivity index (χ2v) is 7.12. The summed E-state index contributed by atoms with van der Waals surface area (Å²) in [7, 11) is 0. The van der Waals surface area contributed by atoms with Crippen molar-refractivity contribution >= 4 is 28.9 Å². The fourth-order valence-electron chi connectivity index (χ4n) is 3.11. The van der Waals surface area contributed by atoms with E-state index in [9.17, 15) is 22.8 Å². The zero-order valence-electron chi connectivity index (χ0n) is 17.0. The average Bonchev–Trinajstić information content (AvgIpc) is 3.02. The number of carbonyl (C=O) groups excluding carboxylic acids is 1. The quantitative estimate of drug-likeness (QED) is 0.495. The molecule has 0 unspecified atom stereocenters. The van der Waals surface area contributed by atoms with Gasteiger partial charge in [0.25, 0.3) is 0 Å². The molecule has 32 heavy (non-hydrogen) atoms. The molecule has 2 heterocycles. The molecule has 0 radical (unpaired) electrons. The Morgan fingerprint density at radius 2 is 1.81 bits per heavy atom. The Morgan fingerprint density at radius 1 is 1.03 bits per heavy atom. The fraction of sp³-hybridized carbons (Fsp3) is 0.143. The summed E-state index contributed by atoms with van der Waals surface area (Å²) in [6.45, 7) is 2.80. The van der Waals surface area contributed by atoms with Gasteiger partial charge in [-0.25, -0.2) is 32.0 Å². The molecular weight excluding hydrogens is 425 g/mol. The van der Waals surface area contributed by atoms with E-state index in [1.807, 2.05) is 0 Å². The predicted octanol–water partition coefficient (Wildman–Crippen LogP) is 3.31. The molecule has 0 bridgehead atoms. The summed E-state index contributed by atoms with van der Waals surface area (Å²) in [6.07, 6.45) is 0. The van der Waals surface area contributed by atoms with Crippen molar-refractivity contribution in [3.8, 4) is 0 Å². The zero-order valence-corrected chi connectivity index (χ0v) is 17.0. The van der Waals surface area contributed by atoms with Crippen LogP contribution < -0.4 is 16.3 Å². The van der Waals surface area contributed by atoms with Crippen LogP contribution in [0.2, 0.25) is 0 Å². The standard InChI is InChI=1S/C21H17F3N6O2/c1-11-7-14(4-5-15(11)23)26-20-25-12(2)8-18-28-29(21(32)30(18)20)10-19(31)27-17-6-3-13(22)9-16(17)24/h3-9H,10H2,1-2H3,(H,25,26)(H,27,31). The predicted molar refractivity (Wildman–Crippen MR) is 111 cm³/mol. The second kappa shape index (κ2) is 8.17. The number of hydrogen-bond donors (Lipinski definition) is 2. The SMILES string of the molecule is Cc1cc2nn(CC(=O)Nc3ccc(F)cc3F)c(=O)n2c(Nc2ccc(F)c(C)c2)n1. The Balaban J connectivity index is 1.64. The number of rotatable bonds is 5. The molecule has 4 aromatic rings. The smallest absolute Gasteiger partial charge is 0.325 e. The Hall–Kier alpha value is -4.15. The monoisotopic (exact) mass is 442 g/mol. The van der Waals surface area contributed by atoms with E-state index in [1.165, 1.54) is 12.1 Å². The first kappa shape index (κ1) is 21.1. The van der Waals surface area contributed by atoms with Crippen molar-refractivity contribution < 1.29 is 18.0 Å². The molecule has 0 saturated carbocycles. The van der Waals surface area contributed by atoms with Gasteiger partial charge in [-0.2, -0.15) is 0 Å². The third kappa shape index (κ3) is 4.17. The maximum Gasteiger partial charge on any atom is 0.353 e. The highest BCUT2D eigenvalue weighted by Crippen LogP contribution is 2.19. The maximum atomic E-state index is 13.8. The molecule has 4 rings (SSSR count). The van der Waals surface area contributed by atoms with Gasteiger partial charge in [0.2, 0.25) is 11.9 Å². The van der Waals surface area contributed by atoms with Gasteiger partial charge >= 0.3 is 5.69 Å². The van der Waals surface area contributed by atoms with Gasteiger partial charge in [-0.3, -0.25) is 4.79 Å². The summed E-state index contributed by atoms with van der Waals surface area (Å²) in [5, 5.41) is 9.38. The Kier molecular flexibility index (Phi) is 5.39. The van der Waals surface area contributed by atoms with E-state index in [0.717, 1.165) is 21.2 Å². The largest absolute Gasteiger partial charge is 0.353 e. The number of hydrogen-bond acceptors (Lipinski definition) is 5. The summed E-state index contributed by atoms with van der Waals surface area (Å²) < 4.78 is 42.4. The summed E-state index contributed by atoms with van der Waals surface area (Å²) in [4.78, 5) is 29.5. The lowest BCUT2D eigenvalue weighted by Gasteiger charge is -2.09. The van der Waals surface area contributed by atoms with Crippen LogP contribution >= 0.6 is 0 Å². The van der Waals surface area contributed by atoms with Crippen LogP contribution in [-0.2, 0) is 11.3 Å². The van der Waals surface area contributed by atoms with E-state index in [4.69, 9.17) is 0 Å². The van der Waals surface area contributed by atoms with E-state index >= 15 is 0 Å². The number of amides is 1. The van der Waals surface area contributed by atoms with E-state index in [-0.39, 0.29) is 23.1 Å². The molecule has 11 heteroatoms. The number of halogens is 3. The molecule has 0 aliphatic carbocycles. The van der Waals surface area contributed by atoms with Crippen molar-refractivity contribution in [2.75, 3.05) is 10.6 Å². The van der Waals surface area contributed by atoms with Gasteiger partial charge in [-0.1, -0.05) is 0 Å². The van der Waals surface area contributed by atoms with Crippen LogP contribution in [0, 0.1) is 31.3 Å². The highest BCUT2D eigenvalue weighted by molar-refractivity contribution is 5.90. The average molecular weight is 442 g/mol. The molecule has 8 nitrogen and oxygen atoms in total. The van der Waals surface area contributed by atoms with E-state index in [2.05, 4.69) is 20.7 Å². The molecular formula is C21H17F3N6O2. The lowest BCUT2D eigenvalue weighted by molar-refractivity contribution is -0.117. The van der Waals surface area contributed by atoms with Crippen LogP contribution in [0.3, 0.4) is 0 Å². The minimum atomic E-state index is -0.943. The van der Waals surface area contributed by atoms with Crippen LogP contribution in [0.5, 0.6) is 0 Å². The van der Waals surface area contributed by atoms with Gasteiger partial charge in [0, 0.05) is 23.5 Å². The number of aromatic nitrogens is 4. The number of nitrogens with zero attached hydrogens (tertiary/aromatic N) is 4. The van der Waals surface area contributed by atoms with Crippen molar-refractivity contribution in [1.82, 2.24) is 19.2 Å². The molecule has 164 valence electrons. The third-order valence-electron chi connectivity index (χ3n) is 4.61. The van der Waals surface area contributed by atoms with Gasteiger partial charge in [0.15, 0.2) is 5.65 Å². The summed E-state index contributed by atoms with van der Waals surface area (Å²) >= 11 is 0. The number of anilines is 3. The highest BCUT2D eigenvalue weighted by atomic mass is 19.1. The molecule has 1 amide bonds. The number of benzene rings is 2. The normalized spacial score (nSPS) is 11.0. The summed E-state index contributed by atoms with van der Waals surface area (Å²) in [5.41, 5.74) is 0.806. The van der Waals surface area contributed by atoms with Crippen LogP contribution in [-0.4, -0.2) is 25.1 Å². The van der Waals surface area contributed by atoms with Crippen molar-refractivity contribution in [2.24, 2.45) is 0 Å². The van der Waals surface area contributed by atoms with Gasteiger partial charge in [0.05, 0.1) is 5.69 Å². The molecule has 2 aromatic heterocycles. The minimum Gasteiger partial charge on any atom is -0.325 e. The summed E-state index contributed by atoms with van der Waals surface area (Å²) in [6, 6.07) is 8.61. The maximum absolute atomic E-state index is 13.8. The lowest BCUT2D eigenvalue weighted by atomic mass is 10.2. The van der Waals surface area contributed by atoms with Crippen LogP contribution in [0.4, 0.5) is 30.5 Å². The molecule has 0 aliphatic rings. The first-order valence-electron chi connectivity index (χ1n) is 9.46. The summed E-state index contributed by atoms with van der Waals surface area (Å²) in [5.74, 6) is -2.69. The second-order valence-electron chi connectivity index (χ2n) is 7.12. The van der Waals surface area contributed by atoms with Gasteiger partial charge in [-0.15, -0.1) is 5.10 Å². The highest BCUT2D eigenvalue weighted by Gasteiger charge is 2.16. The van der Waals surface area contributed by atoms with Crippen molar-refractivity contribution in [2.45, 2.75) is 20.4 Å². The molecule has 0 fully saturated rings. The number of nitrogens with one attached hydrogen (secondary N) is 2. The molecule has 2 aromatic carbocycles. The Labute approximate surface area is 179 Å². The van der Waals surface area contributed by atoms with E-state index in [1.54, 1.807) is 26.0 Å². The lowest BCUT2D eigenvalue weighted by Crippen LogP contribution is -2.29. The van der Waals surface area contributed by atoms with E-state index < -0.39 is 29.8 Å². The Bertz CT molecular complexity index is 1410. The number of aryl methyl sites for hydroxylation is 2. The zero-order chi connectivity index (χ0) is 23.0. The van der Waals surface area contributed by atoms with Crippen molar-refractivity contribution in [1.29, 1.82) is 0 Å². The Morgan fingerprint density at radius 3 is 2.53 bits per heavy atom. The van der Waals surface area contributed by atoms with Gasteiger partial charge < -0.3 is 10.6 Å². The van der Waals surface area contributed by atoms with Crippen molar-refractivity contribution in [3.63, 3.8) is 0 Å². The molecule has 0 saturated heterocycles. The molecule has 0 atom stereocenters. The first-order valence-corrected chi connectivity index (χ1v) is 9.46. The minimum absolute atomic E-state index is 0.132. The number of carbonyl (C=O) groups is 1. The fourth-order valence-corrected chi connectivity index (χ4v) is 3.11. The third-order valence-corrected chi connectivity index (χ3v) is 4.61. The number of fused-ring (bicyclic) bond motifs is 1. The van der Waals surface area contributed by atoms with Gasteiger partial charge in [0.1, 0.15) is 24.0 Å². The van der Waals surface area contributed by atoms with Gasteiger partial charge in [-0.05, 0) is 49.7 Å². The van der Waals surface area contributed by atoms with Crippen LogP contribution in [0.25, 0.3) is 5.65 Å². The molecule has 2 N–H and O–H groups in total. The van der Waals surface area contributed by atoms with Crippen LogP contribution in [0.1, 0.15) is 11.3 Å². The molecule has 0 aliphatic heterocycles. The first-order chi connectivity index (χ1) is 15.2.